The maximum Gasteiger partial charge on any atom is 0.323 e. The molecule has 11 nitrogen and oxygen atoms in total. The van der Waals surface area contributed by atoms with Gasteiger partial charge < -0.3 is 24.5 Å². The van der Waals surface area contributed by atoms with Gasteiger partial charge in [-0.2, -0.15) is 0 Å². The lowest BCUT2D eigenvalue weighted by molar-refractivity contribution is -0.140. The van der Waals surface area contributed by atoms with Crippen LogP contribution in [0.3, 0.4) is 0 Å². The van der Waals surface area contributed by atoms with Gasteiger partial charge in [0.25, 0.3) is 5.91 Å². The average molecular weight is 736 g/mol. The van der Waals surface area contributed by atoms with Gasteiger partial charge in [0.2, 0.25) is 0 Å². The van der Waals surface area contributed by atoms with Crippen LogP contribution in [0.1, 0.15) is 69.6 Å². The third-order valence-electron chi connectivity index (χ3n) is 10.4. The standard InChI is InChI=1S/C37H39ClFN5O6S/c1-20-21(7-6-10-26(20)42-35(45)34-41-27-19-44(51(4)48)16-13-28(27)43(34)2)22-8-5-9-24-23(22)11-12-29(24)50-31-17-30(49-3)25(33(39)32(31)38)18-40-37(14-15-37)36(46)47/h5-10,17,29,40H,11-16,18-19H2,1-4H3,(H,42,45)(H,46,47). The third kappa shape index (κ3) is 6.41. The van der Waals surface area contributed by atoms with Gasteiger partial charge in [-0.05, 0) is 66.5 Å². The molecule has 2 heterocycles. The molecule has 1 saturated carbocycles. The van der Waals surface area contributed by atoms with E-state index in [9.17, 15) is 18.9 Å². The van der Waals surface area contributed by atoms with E-state index in [1.54, 1.807) is 12.3 Å². The average Bonchev–Trinajstić information content (AvgIpc) is 3.70. The van der Waals surface area contributed by atoms with E-state index in [2.05, 4.69) is 15.6 Å². The van der Waals surface area contributed by atoms with Gasteiger partial charge in [0.1, 0.15) is 28.2 Å². The second-order valence-electron chi connectivity index (χ2n) is 13.3. The Hall–Kier alpha value is -4.30. The second kappa shape index (κ2) is 13.7. The Morgan fingerprint density at radius 2 is 1.90 bits per heavy atom. The van der Waals surface area contributed by atoms with Gasteiger partial charge in [-0.1, -0.05) is 41.9 Å². The third-order valence-corrected chi connectivity index (χ3v) is 11.8. The first-order valence-corrected chi connectivity index (χ1v) is 18.7. The smallest absolute Gasteiger partial charge is 0.323 e. The molecule has 4 aromatic rings. The molecule has 1 aromatic heterocycles. The van der Waals surface area contributed by atoms with Crippen LogP contribution in [0.5, 0.6) is 11.5 Å². The maximum absolute atomic E-state index is 15.6. The van der Waals surface area contributed by atoms with Crippen LogP contribution in [-0.4, -0.2) is 60.5 Å². The molecular weight excluding hydrogens is 697 g/mol. The van der Waals surface area contributed by atoms with Gasteiger partial charge in [0, 0.05) is 55.8 Å². The second-order valence-corrected chi connectivity index (χ2v) is 15.0. The van der Waals surface area contributed by atoms with Crippen molar-refractivity contribution in [2.75, 3.05) is 25.2 Å². The number of fused-ring (bicyclic) bond motifs is 2. The molecule has 7 rings (SSSR count). The lowest BCUT2D eigenvalue weighted by atomic mass is 9.93. The topological polar surface area (TPSA) is 135 Å². The van der Waals surface area contributed by atoms with Gasteiger partial charge in [0.05, 0.1) is 30.3 Å². The van der Waals surface area contributed by atoms with Crippen molar-refractivity contribution in [3.05, 3.63) is 92.8 Å². The van der Waals surface area contributed by atoms with Crippen molar-refractivity contribution < 1.29 is 32.8 Å². The van der Waals surface area contributed by atoms with Gasteiger partial charge >= 0.3 is 5.97 Å². The van der Waals surface area contributed by atoms with Gasteiger partial charge in [-0.3, -0.25) is 14.9 Å². The number of amides is 1. The van der Waals surface area contributed by atoms with E-state index < -0.39 is 34.4 Å². The van der Waals surface area contributed by atoms with Crippen molar-refractivity contribution in [2.45, 2.75) is 63.8 Å². The highest BCUT2D eigenvalue weighted by Crippen LogP contribution is 2.45. The molecule has 0 bridgehead atoms. The summed E-state index contributed by atoms with van der Waals surface area (Å²) >= 11 is 6.52. The number of aliphatic carboxylic acids is 1. The maximum atomic E-state index is 15.6. The molecular formula is C37H39ClFN5O6S. The number of imidazole rings is 1. The predicted octanol–water partition coefficient (Wildman–Crippen LogP) is 5.87. The Morgan fingerprint density at radius 1 is 1.16 bits per heavy atom. The van der Waals surface area contributed by atoms with Gasteiger partial charge in [-0.25, -0.2) is 17.9 Å². The summed E-state index contributed by atoms with van der Waals surface area (Å²) in [6.45, 7) is 2.99. The zero-order valence-electron chi connectivity index (χ0n) is 28.8. The number of ether oxygens (including phenoxy) is 2. The fourth-order valence-corrected chi connectivity index (χ4v) is 8.08. The van der Waals surface area contributed by atoms with Crippen LogP contribution in [0.25, 0.3) is 11.1 Å². The number of benzene rings is 3. The largest absolute Gasteiger partial charge is 0.496 e. The predicted molar refractivity (Wildman–Crippen MR) is 192 cm³/mol. The minimum atomic E-state index is -1.11. The SMILES string of the molecule is COc1cc(OC2CCc3c(-c4cccc(NC(=O)c5nc6c(n5C)CCN(S(C)=O)C6)c4C)cccc32)c(Cl)c(F)c1CNC1(C(=O)O)CC1. The van der Waals surface area contributed by atoms with Crippen molar-refractivity contribution in [1.29, 1.82) is 0 Å². The summed E-state index contributed by atoms with van der Waals surface area (Å²) in [7, 11) is 2.15. The van der Waals surface area contributed by atoms with Crippen LogP contribution < -0.4 is 20.1 Å². The first kappa shape index (κ1) is 35.1. The van der Waals surface area contributed by atoms with Crippen LogP contribution >= 0.6 is 11.6 Å². The number of carbonyl (C=O) groups excluding carboxylic acids is 1. The molecule has 0 radical (unpaired) electrons. The van der Waals surface area contributed by atoms with E-state index in [0.717, 1.165) is 39.2 Å². The number of carboxylic acids is 1. The highest BCUT2D eigenvalue weighted by Gasteiger charge is 2.50. The minimum Gasteiger partial charge on any atom is -0.496 e. The van der Waals surface area contributed by atoms with Crippen molar-refractivity contribution in [1.82, 2.24) is 19.2 Å². The summed E-state index contributed by atoms with van der Waals surface area (Å²) < 4.78 is 43.2. The number of methoxy groups -OCH3 is 1. The molecule has 1 fully saturated rings. The lowest BCUT2D eigenvalue weighted by Crippen LogP contribution is -2.38. The number of hydrogen-bond donors (Lipinski definition) is 3. The molecule has 1 aliphatic heterocycles. The van der Waals surface area contributed by atoms with E-state index in [0.29, 0.717) is 56.7 Å². The van der Waals surface area contributed by atoms with Crippen LogP contribution in [0, 0.1) is 12.7 Å². The fourth-order valence-electron chi connectivity index (χ4n) is 7.21. The molecule has 2 aliphatic carbocycles. The summed E-state index contributed by atoms with van der Waals surface area (Å²) in [5, 5.41) is 15.3. The molecule has 1 amide bonds. The number of carboxylic acid groups (broad SMARTS) is 1. The highest BCUT2D eigenvalue weighted by molar-refractivity contribution is 7.81. The Bertz CT molecular complexity index is 2100. The Labute approximate surface area is 302 Å². The number of nitrogens with one attached hydrogen (secondary N) is 2. The number of halogens is 2. The summed E-state index contributed by atoms with van der Waals surface area (Å²) in [5.74, 6) is -1.34. The summed E-state index contributed by atoms with van der Waals surface area (Å²) in [6, 6.07) is 13.4. The quantitative estimate of drug-likeness (QED) is 0.174. The monoisotopic (exact) mass is 735 g/mol. The number of nitrogens with zero attached hydrogens (tertiary/aromatic N) is 3. The van der Waals surface area contributed by atoms with Crippen LogP contribution in [0.15, 0.2) is 42.5 Å². The molecule has 2 atom stereocenters. The van der Waals surface area contributed by atoms with Crippen molar-refractivity contribution >= 4 is 40.2 Å². The van der Waals surface area contributed by atoms with E-state index >= 15 is 4.39 Å². The number of rotatable bonds is 11. The zero-order valence-corrected chi connectivity index (χ0v) is 30.3. The molecule has 268 valence electrons. The van der Waals surface area contributed by atoms with Crippen LogP contribution in [-0.2, 0) is 48.8 Å². The van der Waals surface area contributed by atoms with Gasteiger partial charge in [0.15, 0.2) is 11.6 Å². The van der Waals surface area contributed by atoms with E-state index in [1.807, 2.05) is 59.2 Å². The normalized spacial score (nSPS) is 18.1. The molecule has 3 N–H and O–H groups in total. The summed E-state index contributed by atoms with van der Waals surface area (Å²) in [5.41, 5.74) is 6.42. The lowest BCUT2D eigenvalue weighted by Gasteiger charge is -2.23. The minimum absolute atomic E-state index is 0.0551. The highest BCUT2D eigenvalue weighted by atomic mass is 35.5. The molecule has 0 saturated heterocycles. The zero-order chi connectivity index (χ0) is 36.2. The Balaban J connectivity index is 1.11. The molecule has 2 unspecified atom stereocenters. The van der Waals surface area contributed by atoms with Gasteiger partial charge in [-0.15, -0.1) is 0 Å². The number of aromatic nitrogens is 2. The first-order chi connectivity index (χ1) is 24.4. The molecule has 14 heteroatoms. The first-order valence-electron chi connectivity index (χ1n) is 16.8. The molecule has 0 spiro atoms. The van der Waals surface area contributed by atoms with E-state index in [4.69, 9.17) is 21.1 Å². The number of carbonyl (C=O) groups is 2. The van der Waals surface area contributed by atoms with Crippen molar-refractivity contribution in [3.63, 3.8) is 0 Å². The number of anilines is 1. The van der Waals surface area contributed by atoms with E-state index in [-0.39, 0.29) is 34.5 Å². The summed E-state index contributed by atoms with van der Waals surface area (Å²) in [6.07, 6.45) is 4.20. The Kier molecular flexibility index (Phi) is 9.42. The summed E-state index contributed by atoms with van der Waals surface area (Å²) in [4.78, 5) is 29.8. The van der Waals surface area contributed by atoms with Crippen molar-refractivity contribution in [3.8, 4) is 22.6 Å². The molecule has 3 aliphatic rings. The van der Waals surface area contributed by atoms with Crippen LogP contribution in [0.4, 0.5) is 10.1 Å². The molecule has 3 aromatic carbocycles. The van der Waals surface area contributed by atoms with E-state index in [1.165, 1.54) is 7.11 Å². The van der Waals surface area contributed by atoms with Crippen LogP contribution in [0.2, 0.25) is 5.02 Å². The van der Waals surface area contributed by atoms with Crippen molar-refractivity contribution in [2.24, 2.45) is 7.05 Å². The fraction of sp³-hybridized carbons (Fsp3) is 0.378. The number of hydrogen-bond acceptors (Lipinski definition) is 7. The molecule has 51 heavy (non-hydrogen) atoms. The Morgan fingerprint density at radius 3 is 2.61 bits per heavy atom.